The van der Waals surface area contributed by atoms with Crippen molar-refractivity contribution in [2.24, 2.45) is 0 Å². The number of aromatic nitrogens is 6. The largest absolute Gasteiger partial charge is 0.337 e. The minimum Gasteiger partial charge on any atom is -0.337 e. The number of hydrogen-bond donors (Lipinski definition) is 0. The topological polar surface area (TPSA) is 103 Å². The number of aryl methyl sites for hydroxylation is 2. The van der Waals surface area contributed by atoms with Crippen molar-refractivity contribution in [3.8, 4) is 11.4 Å². The zero-order chi connectivity index (χ0) is 19.7. The Balaban J connectivity index is 1.81. The number of hydroxylamine groups is 1. The van der Waals surface area contributed by atoms with Crippen molar-refractivity contribution in [1.82, 2.24) is 30.1 Å². The average Bonchev–Trinajstić information content (AvgIpc) is 3.15. The lowest BCUT2D eigenvalue weighted by Gasteiger charge is -2.25. The third-order valence-electron chi connectivity index (χ3n) is 4.31. The van der Waals surface area contributed by atoms with E-state index in [4.69, 9.17) is 9.36 Å². The van der Waals surface area contributed by atoms with Crippen LogP contribution in [0, 0.1) is 13.8 Å². The molecule has 0 N–H and O–H groups in total. The molecule has 0 amide bonds. The minimum atomic E-state index is -0.344. The summed E-state index contributed by atoms with van der Waals surface area (Å²) >= 11 is 0. The van der Waals surface area contributed by atoms with Crippen molar-refractivity contribution >= 4 is 16.7 Å². The van der Waals surface area contributed by atoms with Crippen LogP contribution in [0.3, 0.4) is 0 Å². The Labute approximate surface area is 161 Å². The van der Waals surface area contributed by atoms with E-state index in [-0.39, 0.29) is 6.04 Å². The Bertz CT molecular complexity index is 1110. The molecule has 3 heterocycles. The predicted octanol–water partition coefficient (Wildman–Crippen LogP) is 3.22. The molecule has 0 radical (unpaired) electrons. The Morgan fingerprint density at radius 2 is 1.86 bits per heavy atom. The van der Waals surface area contributed by atoms with Crippen LogP contribution >= 0.6 is 0 Å². The minimum absolute atomic E-state index is 0.344. The Morgan fingerprint density at radius 1 is 1.07 bits per heavy atom. The van der Waals surface area contributed by atoms with Gasteiger partial charge in [-0.25, -0.2) is 25.0 Å². The number of anilines is 1. The molecule has 0 saturated carbocycles. The SMILES string of the molecule is CON(c1ncnc2ccc(-c3ncc(C)cn3)cc12)C(C)c1nc(C)no1. The van der Waals surface area contributed by atoms with E-state index in [9.17, 15) is 0 Å². The molecule has 0 spiro atoms. The van der Waals surface area contributed by atoms with Crippen LogP contribution in [0.4, 0.5) is 5.82 Å². The first-order chi connectivity index (χ1) is 13.6. The molecule has 28 heavy (non-hydrogen) atoms. The molecule has 0 saturated heterocycles. The van der Waals surface area contributed by atoms with Crippen molar-refractivity contribution in [3.05, 3.63) is 54.2 Å². The lowest BCUT2D eigenvalue weighted by molar-refractivity contribution is 0.130. The van der Waals surface area contributed by atoms with Gasteiger partial charge < -0.3 is 4.52 Å². The van der Waals surface area contributed by atoms with Crippen LogP contribution in [0.2, 0.25) is 0 Å². The highest BCUT2D eigenvalue weighted by atomic mass is 16.7. The first-order valence-electron chi connectivity index (χ1n) is 8.74. The summed E-state index contributed by atoms with van der Waals surface area (Å²) in [6.45, 7) is 5.62. The van der Waals surface area contributed by atoms with Gasteiger partial charge in [-0.2, -0.15) is 4.98 Å². The molecule has 0 aliphatic rings. The van der Waals surface area contributed by atoms with Crippen molar-refractivity contribution < 1.29 is 9.36 Å². The molecule has 0 fully saturated rings. The molecule has 1 aromatic carbocycles. The molecule has 0 bridgehead atoms. The van der Waals surface area contributed by atoms with Gasteiger partial charge in [0.25, 0.3) is 5.89 Å². The smallest absolute Gasteiger partial charge is 0.251 e. The first kappa shape index (κ1) is 17.9. The molecule has 1 atom stereocenters. The molecule has 4 rings (SSSR count). The molecule has 4 aromatic rings. The zero-order valence-electron chi connectivity index (χ0n) is 16.0. The molecule has 0 aliphatic heterocycles. The fourth-order valence-electron chi connectivity index (χ4n) is 2.91. The van der Waals surface area contributed by atoms with E-state index in [1.165, 1.54) is 6.33 Å². The summed E-state index contributed by atoms with van der Waals surface area (Å²) in [6.07, 6.45) is 5.07. The third-order valence-corrected chi connectivity index (χ3v) is 4.31. The number of fused-ring (bicyclic) bond motifs is 1. The Kier molecular flexibility index (Phi) is 4.66. The van der Waals surface area contributed by atoms with Crippen molar-refractivity contribution in [3.63, 3.8) is 0 Å². The Morgan fingerprint density at radius 3 is 2.54 bits per heavy atom. The second-order valence-corrected chi connectivity index (χ2v) is 6.38. The second kappa shape index (κ2) is 7.28. The second-order valence-electron chi connectivity index (χ2n) is 6.38. The lowest BCUT2D eigenvalue weighted by atomic mass is 10.1. The summed E-state index contributed by atoms with van der Waals surface area (Å²) in [7, 11) is 1.57. The molecular formula is C19H19N7O2. The summed E-state index contributed by atoms with van der Waals surface area (Å²) in [4.78, 5) is 27.5. The maximum Gasteiger partial charge on any atom is 0.251 e. The molecule has 9 heteroatoms. The quantitative estimate of drug-likeness (QED) is 0.485. The van der Waals surface area contributed by atoms with Crippen molar-refractivity contribution in [2.75, 3.05) is 12.2 Å². The zero-order valence-corrected chi connectivity index (χ0v) is 16.0. The van der Waals surface area contributed by atoms with E-state index >= 15 is 0 Å². The van der Waals surface area contributed by atoms with Crippen molar-refractivity contribution in [1.29, 1.82) is 0 Å². The number of benzene rings is 1. The van der Waals surface area contributed by atoms with E-state index in [1.807, 2.05) is 32.0 Å². The van der Waals surface area contributed by atoms with Crippen LogP contribution in [0.15, 0.2) is 41.4 Å². The highest BCUT2D eigenvalue weighted by Gasteiger charge is 2.25. The molecular weight excluding hydrogens is 358 g/mol. The first-order valence-corrected chi connectivity index (χ1v) is 8.74. The van der Waals surface area contributed by atoms with Gasteiger partial charge in [0, 0.05) is 23.3 Å². The summed E-state index contributed by atoms with van der Waals surface area (Å²) < 4.78 is 5.30. The summed E-state index contributed by atoms with van der Waals surface area (Å²) in [5, 5.41) is 6.28. The van der Waals surface area contributed by atoms with Crippen molar-refractivity contribution in [2.45, 2.75) is 26.8 Å². The van der Waals surface area contributed by atoms with Gasteiger partial charge in [-0.15, -0.1) is 0 Å². The van der Waals surface area contributed by atoms with Gasteiger partial charge >= 0.3 is 0 Å². The van der Waals surface area contributed by atoms with E-state index in [1.54, 1.807) is 31.5 Å². The molecule has 0 aliphatic carbocycles. The lowest BCUT2D eigenvalue weighted by Crippen LogP contribution is -2.27. The predicted molar refractivity (Wildman–Crippen MR) is 102 cm³/mol. The standard InChI is InChI=1S/C19H19N7O2/c1-11-8-20-17(21-9-11)14-5-6-16-15(7-14)18(23-10-22-16)26(27-4)12(2)19-24-13(3)25-28-19/h5-10,12H,1-4H3. The van der Waals surface area contributed by atoms with Crippen LogP contribution in [-0.4, -0.2) is 37.2 Å². The normalized spacial score (nSPS) is 12.3. The fourth-order valence-corrected chi connectivity index (χ4v) is 2.91. The van der Waals surface area contributed by atoms with Gasteiger partial charge in [0.2, 0.25) is 0 Å². The van der Waals surface area contributed by atoms with Gasteiger partial charge in [-0.1, -0.05) is 5.16 Å². The van der Waals surface area contributed by atoms with Crippen LogP contribution < -0.4 is 5.06 Å². The fraction of sp³-hybridized carbons (Fsp3) is 0.263. The van der Waals surface area contributed by atoms with Crippen LogP contribution in [0.5, 0.6) is 0 Å². The number of hydrogen-bond acceptors (Lipinski definition) is 9. The molecule has 1 unspecified atom stereocenters. The van der Waals surface area contributed by atoms with E-state index in [0.29, 0.717) is 23.4 Å². The molecule has 9 nitrogen and oxygen atoms in total. The van der Waals surface area contributed by atoms with Gasteiger partial charge in [0.15, 0.2) is 17.5 Å². The highest BCUT2D eigenvalue weighted by Crippen LogP contribution is 2.32. The summed E-state index contributed by atoms with van der Waals surface area (Å²) in [6, 6.07) is 5.45. The molecule has 142 valence electrons. The van der Waals surface area contributed by atoms with E-state index in [2.05, 4.69) is 30.1 Å². The van der Waals surface area contributed by atoms with E-state index < -0.39 is 0 Å². The maximum atomic E-state index is 5.62. The number of nitrogens with zero attached hydrogens (tertiary/aromatic N) is 7. The van der Waals surface area contributed by atoms with E-state index in [0.717, 1.165) is 22.0 Å². The third kappa shape index (κ3) is 3.27. The van der Waals surface area contributed by atoms with Crippen LogP contribution in [0.25, 0.3) is 22.3 Å². The van der Waals surface area contributed by atoms with Gasteiger partial charge in [-0.05, 0) is 44.5 Å². The Hall–Kier alpha value is -3.46. The van der Waals surface area contributed by atoms with Gasteiger partial charge in [0.1, 0.15) is 12.4 Å². The van der Waals surface area contributed by atoms with Gasteiger partial charge in [0.05, 0.1) is 12.6 Å². The summed E-state index contributed by atoms with van der Waals surface area (Å²) in [5.74, 6) is 2.21. The van der Waals surface area contributed by atoms with Gasteiger partial charge in [-0.3, -0.25) is 4.84 Å². The van der Waals surface area contributed by atoms with Crippen LogP contribution in [0.1, 0.15) is 30.2 Å². The maximum absolute atomic E-state index is 5.62. The monoisotopic (exact) mass is 377 g/mol. The number of rotatable bonds is 5. The van der Waals surface area contributed by atoms with Crippen LogP contribution in [-0.2, 0) is 4.84 Å². The highest BCUT2D eigenvalue weighted by molar-refractivity contribution is 5.92. The average molecular weight is 377 g/mol. The summed E-state index contributed by atoms with van der Waals surface area (Å²) in [5.41, 5.74) is 2.64. The molecule has 3 aromatic heterocycles.